The lowest BCUT2D eigenvalue weighted by Gasteiger charge is -2.08. The number of halogens is 1. The number of alkyl halides is 1. The maximum Gasteiger partial charge on any atom is 0.253 e. The summed E-state index contributed by atoms with van der Waals surface area (Å²) in [4.78, 5) is 25.1. The van der Waals surface area contributed by atoms with Gasteiger partial charge < -0.3 is 20.1 Å². The average Bonchev–Trinajstić information content (AvgIpc) is 3.42. The molecule has 0 saturated heterocycles. The van der Waals surface area contributed by atoms with Gasteiger partial charge in [0, 0.05) is 17.8 Å². The first kappa shape index (κ1) is 18.9. The van der Waals surface area contributed by atoms with Crippen LogP contribution in [0, 0.1) is 0 Å². The van der Waals surface area contributed by atoms with Gasteiger partial charge in [0.1, 0.15) is 35.9 Å². The standard InChI is InChI=1S/C20H17FN4O3S/c21-10-12-3-6-16(23-11-12)28-8-7-22-20(27)13-4-5-14(26)18-17(13)24-19(25-18)15-2-1-9-29-15/h1-6,9,11,26H,7-8,10H2,(H,22,27)(H,24,25). The van der Waals surface area contributed by atoms with Crippen LogP contribution in [0.15, 0.2) is 48.0 Å². The van der Waals surface area contributed by atoms with E-state index in [0.717, 1.165) is 4.88 Å². The van der Waals surface area contributed by atoms with Crippen LogP contribution in [-0.4, -0.2) is 39.1 Å². The Morgan fingerprint density at radius 1 is 1.28 bits per heavy atom. The van der Waals surface area contributed by atoms with Crippen molar-refractivity contribution in [2.45, 2.75) is 6.67 Å². The molecule has 4 aromatic rings. The molecule has 9 heteroatoms. The van der Waals surface area contributed by atoms with Crippen LogP contribution in [-0.2, 0) is 6.67 Å². The number of nitrogens with zero attached hydrogens (tertiary/aromatic N) is 2. The van der Waals surface area contributed by atoms with Crippen LogP contribution < -0.4 is 10.1 Å². The molecule has 148 valence electrons. The zero-order chi connectivity index (χ0) is 20.2. The van der Waals surface area contributed by atoms with Gasteiger partial charge >= 0.3 is 0 Å². The van der Waals surface area contributed by atoms with E-state index in [0.29, 0.717) is 33.9 Å². The molecule has 3 N–H and O–H groups in total. The van der Waals surface area contributed by atoms with Crippen molar-refractivity contribution < 1.29 is 19.0 Å². The molecular formula is C20H17FN4O3S. The van der Waals surface area contributed by atoms with Crippen molar-refractivity contribution in [2.24, 2.45) is 0 Å². The third-order valence-corrected chi connectivity index (χ3v) is 5.09. The number of thiophene rings is 1. The summed E-state index contributed by atoms with van der Waals surface area (Å²) < 4.78 is 17.9. The smallest absolute Gasteiger partial charge is 0.253 e. The number of fused-ring (bicyclic) bond motifs is 1. The number of amides is 1. The summed E-state index contributed by atoms with van der Waals surface area (Å²) in [6.45, 7) is -0.127. The normalized spacial score (nSPS) is 10.9. The van der Waals surface area contributed by atoms with Crippen molar-refractivity contribution in [2.75, 3.05) is 13.2 Å². The quantitative estimate of drug-likeness (QED) is 0.402. The van der Waals surface area contributed by atoms with E-state index in [1.165, 1.54) is 29.7 Å². The second-order valence-electron chi connectivity index (χ2n) is 6.16. The molecule has 0 aliphatic rings. The van der Waals surface area contributed by atoms with Crippen molar-refractivity contribution in [1.82, 2.24) is 20.3 Å². The topological polar surface area (TPSA) is 100 Å². The summed E-state index contributed by atoms with van der Waals surface area (Å²) in [6, 6.07) is 9.98. The summed E-state index contributed by atoms with van der Waals surface area (Å²) >= 11 is 1.51. The number of nitrogens with one attached hydrogen (secondary N) is 2. The summed E-state index contributed by atoms with van der Waals surface area (Å²) in [6.07, 6.45) is 1.41. The third kappa shape index (κ3) is 4.04. The maximum atomic E-state index is 12.6. The van der Waals surface area contributed by atoms with E-state index in [1.54, 1.807) is 12.1 Å². The van der Waals surface area contributed by atoms with Gasteiger partial charge in [-0.15, -0.1) is 11.3 Å². The SMILES string of the molecule is O=C(NCCOc1ccc(CF)cn1)c1ccc(O)c2[nH]c(-c3cccs3)nc12. The van der Waals surface area contributed by atoms with Gasteiger partial charge in [-0.25, -0.2) is 14.4 Å². The number of carbonyl (C=O) groups excluding carboxylic acids is 1. The van der Waals surface area contributed by atoms with Gasteiger partial charge in [-0.2, -0.15) is 0 Å². The van der Waals surface area contributed by atoms with Gasteiger partial charge in [0.25, 0.3) is 5.91 Å². The number of H-pyrrole nitrogens is 1. The van der Waals surface area contributed by atoms with E-state index in [4.69, 9.17) is 4.74 Å². The summed E-state index contributed by atoms with van der Waals surface area (Å²) in [7, 11) is 0. The van der Waals surface area contributed by atoms with Crippen molar-refractivity contribution >= 4 is 28.3 Å². The Kier molecular flexibility index (Phi) is 5.39. The number of aromatic amines is 1. The molecule has 3 aromatic heterocycles. The number of pyridine rings is 1. The fourth-order valence-corrected chi connectivity index (χ4v) is 3.45. The molecule has 0 unspecified atom stereocenters. The van der Waals surface area contributed by atoms with E-state index in [2.05, 4.69) is 20.3 Å². The number of aromatic nitrogens is 3. The molecule has 0 atom stereocenters. The second-order valence-corrected chi connectivity index (χ2v) is 7.11. The van der Waals surface area contributed by atoms with E-state index < -0.39 is 6.67 Å². The fourth-order valence-electron chi connectivity index (χ4n) is 2.78. The number of phenols is 1. The van der Waals surface area contributed by atoms with Crippen LogP contribution in [0.2, 0.25) is 0 Å². The Balaban J connectivity index is 1.43. The number of phenolic OH excluding ortho intramolecular Hbond substituents is 1. The van der Waals surface area contributed by atoms with Crippen molar-refractivity contribution in [3.05, 3.63) is 59.1 Å². The fraction of sp³-hybridized carbons (Fsp3) is 0.150. The molecule has 29 heavy (non-hydrogen) atoms. The average molecular weight is 412 g/mol. The maximum absolute atomic E-state index is 12.6. The van der Waals surface area contributed by atoms with Gasteiger partial charge in [0.15, 0.2) is 0 Å². The lowest BCUT2D eigenvalue weighted by Crippen LogP contribution is -2.28. The first-order valence-electron chi connectivity index (χ1n) is 8.83. The Labute approximate surface area is 169 Å². The lowest BCUT2D eigenvalue weighted by atomic mass is 10.1. The zero-order valence-electron chi connectivity index (χ0n) is 15.2. The van der Waals surface area contributed by atoms with E-state index >= 15 is 0 Å². The van der Waals surface area contributed by atoms with Gasteiger partial charge in [0.2, 0.25) is 5.88 Å². The van der Waals surface area contributed by atoms with Gasteiger partial charge in [-0.1, -0.05) is 6.07 Å². The highest BCUT2D eigenvalue weighted by Gasteiger charge is 2.17. The highest BCUT2D eigenvalue weighted by atomic mass is 32.1. The second kappa shape index (κ2) is 8.27. The number of hydrogen-bond acceptors (Lipinski definition) is 6. The lowest BCUT2D eigenvalue weighted by molar-refractivity contribution is 0.0948. The van der Waals surface area contributed by atoms with Crippen molar-refractivity contribution in [1.29, 1.82) is 0 Å². The summed E-state index contributed by atoms with van der Waals surface area (Å²) in [5.41, 5.74) is 1.63. The molecule has 0 spiro atoms. The number of benzene rings is 1. The van der Waals surface area contributed by atoms with Crippen LogP contribution in [0.4, 0.5) is 4.39 Å². The van der Waals surface area contributed by atoms with Crippen LogP contribution in [0.25, 0.3) is 21.7 Å². The van der Waals surface area contributed by atoms with Gasteiger partial charge in [0.05, 0.1) is 17.0 Å². The number of hydrogen-bond donors (Lipinski definition) is 3. The number of carbonyl (C=O) groups is 1. The van der Waals surface area contributed by atoms with E-state index in [1.807, 2.05) is 17.5 Å². The Morgan fingerprint density at radius 2 is 2.17 bits per heavy atom. The zero-order valence-corrected chi connectivity index (χ0v) is 16.0. The number of rotatable bonds is 7. The van der Waals surface area contributed by atoms with Crippen molar-refractivity contribution in [3.63, 3.8) is 0 Å². The first-order chi connectivity index (χ1) is 14.2. The highest BCUT2D eigenvalue weighted by Crippen LogP contribution is 2.30. The molecule has 0 fully saturated rings. The number of ether oxygens (including phenoxy) is 1. The molecule has 4 rings (SSSR count). The minimum absolute atomic E-state index is 0.0259. The first-order valence-corrected chi connectivity index (χ1v) is 9.71. The van der Waals surface area contributed by atoms with Crippen LogP contribution in [0.1, 0.15) is 15.9 Å². The van der Waals surface area contributed by atoms with Crippen LogP contribution in [0.3, 0.4) is 0 Å². The number of imidazole rings is 1. The van der Waals surface area contributed by atoms with Gasteiger partial charge in [-0.05, 0) is 29.6 Å². The highest BCUT2D eigenvalue weighted by molar-refractivity contribution is 7.13. The van der Waals surface area contributed by atoms with Crippen molar-refractivity contribution in [3.8, 4) is 22.3 Å². The Bertz CT molecular complexity index is 1130. The molecule has 7 nitrogen and oxygen atoms in total. The Hall–Kier alpha value is -3.46. The molecule has 0 saturated carbocycles. The van der Waals surface area contributed by atoms with Crippen LogP contribution >= 0.6 is 11.3 Å². The molecular weight excluding hydrogens is 395 g/mol. The summed E-state index contributed by atoms with van der Waals surface area (Å²) in [5, 5.41) is 14.8. The van der Waals surface area contributed by atoms with Gasteiger partial charge in [-0.3, -0.25) is 4.79 Å². The predicted molar refractivity (Wildman–Crippen MR) is 108 cm³/mol. The third-order valence-electron chi connectivity index (χ3n) is 4.21. The molecule has 0 aliphatic heterocycles. The van der Waals surface area contributed by atoms with Crippen LogP contribution in [0.5, 0.6) is 11.6 Å². The molecule has 0 aliphatic carbocycles. The summed E-state index contributed by atoms with van der Waals surface area (Å²) in [5.74, 6) is 0.648. The van der Waals surface area contributed by atoms with E-state index in [-0.39, 0.29) is 24.8 Å². The number of aromatic hydroxyl groups is 1. The monoisotopic (exact) mass is 412 g/mol. The minimum atomic E-state index is -0.578. The largest absolute Gasteiger partial charge is 0.506 e. The molecule has 0 bridgehead atoms. The molecule has 1 aromatic carbocycles. The van der Waals surface area contributed by atoms with E-state index in [9.17, 15) is 14.3 Å². The Morgan fingerprint density at radius 3 is 2.90 bits per heavy atom. The molecule has 1 amide bonds. The minimum Gasteiger partial charge on any atom is -0.506 e. The molecule has 0 radical (unpaired) electrons. The molecule has 3 heterocycles. The predicted octanol–water partition coefficient (Wildman–Crippen LogP) is 3.67.